The molecule has 0 spiro atoms. The highest BCUT2D eigenvalue weighted by Gasteiger charge is 2.22. The molecule has 0 aliphatic heterocycles. The van der Waals surface area contributed by atoms with Crippen LogP contribution >= 0.6 is 23.7 Å². The smallest absolute Gasteiger partial charge is 0.266 e. The van der Waals surface area contributed by atoms with E-state index in [2.05, 4.69) is 23.7 Å². The minimum Gasteiger partial charge on any atom is -0.484 e. The summed E-state index contributed by atoms with van der Waals surface area (Å²) in [7, 11) is 0. The molecule has 0 N–H and O–H groups in total. The van der Waals surface area contributed by atoms with Crippen LogP contribution in [0, 0.1) is 12.7 Å². The molecule has 0 aliphatic carbocycles. The van der Waals surface area contributed by atoms with Gasteiger partial charge in [-0.25, -0.2) is 9.37 Å². The lowest BCUT2D eigenvalue weighted by Crippen LogP contribution is -2.41. The molecule has 5 nitrogen and oxygen atoms in total. The Hall–Kier alpha value is -2.22. The minimum atomic E-state index is -0.378. The predicted molar refractivity (Wildman–Crippen MR) is 124 cm³/mol. The number of likely N-dealkylation sites (N-methyl/N-ethyl adjacent to an activating group) is 1. The molecule has 162 valence electrons. The first-order valence-corrected chi connectivity index (χ1v) is 10.6. The number of carbonyl (C=O) groups excluding carboxylic acids is 1. The number of rotatable bonds is 9. The van der Waals surface area contributed by atoms with Gasteiger partial charge in [0.1, 0.15) is 17.1 Å². The maximum absolute atomic E-state index is 14.1. The van der Waals surface area contributed by atoms with Gasteiger partial charge in [0.15, 0.2) is 11.7 Å². The third-order valence-corrected chi connectivity index (χ3v) is 5.85. The van der Waals surface area contributed by atoms with E-state index in [1.807, 2.05) is 37.3 Å². The number of anilines is 1. The number of thiazole rings is 1. The molecule has 0 bridgehead atoms. The Labute approximate surface area is 186 Å². The van der Waals surface area contributed by atoms with E-state index in [1.54, 1.807) is 11.0 Å². The molecule has 8 heteroatoms. The van der Waals surface area contributed by atoms with Crippen LogP contribution < -0.4 is 9.64 Å². The molecule has 0 saturated heterocycles. The normalized spacial score (nSPS) is 10.8. The quantitative estimate of drug-likeness (QED) is 0.463. The standard InChI is InChI=1S/C22H26FN3O2S.ClH/c1-4-25(5-2)13-14-26(20(27)15-28-17-11-9-16(3)10-12-17)22-24-21-18(23)7-6-8-19(21)29-22;/h6-12H,4-5,13-15H2,1-3H3;1H. The Morgan fingerprint density at radius 1 is 1.10 bits per heavy atom. The SMILES string of the molecule is CCN(CC)CCN(C(=O)COc1ccc(C)cc1)c1nc2c(F)cccc2s1.Cl. The molecule has 0 unspecified atom stereocenters. The highest BCUT2D eigenvalue weighted by atomic mass is 35.5. The average Bonchev–Trinajstić information content (AvgIpc) is 3.16. The molecule has 0 atom stereocenters. The van der Waals surface area contributed by atoms with Gasteiger partial charge in [-0.2, -0.15) is 0 Å². The Balaban J connectivity index is 0.00000320. The molecular weight excluding hydrogens is 425 g/mol. The van der Waals surface area contributed by atoms with Gasteiger partial charge in [0.05, 0.1) is 4.70 Å². The zero-order valence-electron chi connectivity index (χ0n) is 17.4. The largest absolute Gasteiger partial charge is 0.484 e. The molecule has 3 rings (SSSR count). The number of nitrogens with zero attached hydrogens (tertiary/aromatic N) is 3. The van der Waals surface area contributed by atoms with Crippen molar-refractivity contribution in [3.05, 3.63) is 53.8 Å². The number of hydrogen-bond acceptors (Lipinski definition) is 5. The Morgan fingerprint density at radius 2 is 1.80 bits per heavy atom. The monoisotopic (exact) mass is 451 g/mol. The number of ether oxygens (including phenoxy) is 1. The fraction of sp³-hybridized carbons (Fsp3) is 0.364. The zero-order chi connectivity index (χ0) is 20.8. The van der Waals surface area contributed by atoms with Crippen LogP contribution in [0.3, 0.4) is 0 Å². The number of benzene rings is 2. The van der Waals surface area contributed by atoms with Crippen LogP contribution in [-0.4, -0.2) is 48.6 Å². The summed E-state index contributed by atoms with van der Waals surface area (Å²) < 4.78 is 20.5. The van der Waals surface area contributed by atoms with E-state index in [9.17, 15) is 9.18 Å². The molecule has 2 aromatic carbocycles. The Morgan fingerprint density at radius 3 is 2.43 bits per heavy atom. The third-order valence-electron chi connectivity index (χ3n) is 4.81. The number of carbonyl (C=O) groups is 1. The number of hydrogen-bond donors (Lipinski definition) is 0. The van der Waals surface area contributed by atoms with Crippen molar-refractivity contribution in [1.29, 1.82) is 0 Å². The van der Waals surface area contributed by atoms with E-state index < -0.39 is 0 Å². The molecular formula is C22H27ClFN3O2S. The van der Waals surface area contributed by atoms with E-state index in [0.717, 1.165) is 23.4 Å². The molecule has 0 radical (unpaired) electrons. The van der Waals surface area contributed by atoms with Gasteiger partial charge in [0, 0.05) is 13.1 Å². The van der Waals surface area contributed by atoms with Crippen LogP contribution in [0.5, 0.6) is 5.75 Å². The highest BCUT2D eigenvalue weighted by Crippen LogP contribution is 2.30. The topological polar surface area (TPSA) is 45.7 Å². The van der Waals surface area contributed by atoms with Crippen molar-refractivity contribution < 1.29 is 13.9 Å². The fourth-order valence-corrected chi connectivity index (χ4v) is 4.01. The molecule has 0 fully saturated rings. The van der Waals surface area contributed by atoms with Gasteiger partial charge < -0.3 is 9.64 Å². The summed E-state index contributed by atoms with van der Waals surface area (Å²) in [5, 5.41) is 0.495. The number of fused-ring (bicyclic) bond motifs is 1. The molecule has 1 aromatic heterocycles. The van der Waals surface area contributed by atoms with E-state index >= 15 is 0 Å². The van der Waals surface area contributed by atoms with Gasteiger partial charge >= 0.3 is 0 Å². The summed E-state index contributed by atoms with van der Waals surface area (Å²) >= 11 is 1.32. The van der Waals surface area contributed by atoms with Crippen LogP contribution in [0.4, 0.5) is 9.52 Å². The van der Waals surface area contributed by atoms with Crippen molar-refractivity contribution >= 4 is 45.0 Å². The van der Waals surface area contributed by atoms with Crippen molar-refractivity contribution in [1.82, 2.24) is 9.88 Å². The fourth-order valence-electron chi connectivity index (χ4n) is 2.98. The number of para-hydroxylation sites is 1. The van der Waals surface area contributed by atoms with Crippen LogP contribution in [-0.2, 0) is 4.79 Å². The van der Waals surface area contributed by atoms with Gasteiger partial charge in [-0.05, 0) is 44.3 Å². The van der Waals surface area contributed by atoms with Crippen LogP contribution in [0.25, 0.3) is 10.2 Å². The second kappa shape index (κ2) is 11.2. The lowest BCUT2D eigenvalue weighted by atomic mass is 10.2. The summed E-state index contributed by atoms with van der Waals surface area (Å²) in [6, 6.07) is 12.4. The first-order chi connectivity index (χ1) is 14.0. The van der Waals surface area contributed by atoms with Crippen LogP contribution in [0.15, 0.2) is 42.5 Å². The molecule has 3 aromatic rings. The molecule has 0 saturated carbocycles. The summed E-state index contributed by atoms with van der Waals surface area (Å²) in [6.45, 7) is 9.04. The van der Waals surface area contributed by atoms with E-state index in [1.165, 1.54) is 17.4 Å². The van der Waals surface area contributed by atoms with Crippen molar-refractivity contribution in [2.75, 3.05) is 37.7 Å². The minimum absolute atomic E-state index is 0. The van der Waals surface area contributed by atoms with Crippen molar-refractivity contribution in [3.63, 3.8) is 0 Å². The Bertz CT molecular complexity index is 961. The van der Waals surface area contributed by atoms with Gasteiger partial charge in [-0.15, -0.1) is 12.4 Å². The molecule has 0 aliphatic rings. The first kappa shape index (κ1) is 24.1. The molecule has 1 amide bonds. The van der Waals surface area contributed by atoms with Crippen molar-refractivity contribution in [3.8, 4) is 5.75 Å². The van der Waals surface area contributed by atoms with E-state index in [4.69, 9.17) is 4.74 Å². The lowest BCUT2D eigenvalue weighted by molar-refractivity contribution is -0.120. The first-order valence-electron chi connectivity index (χ1n) is 9.79. The summed E-state index contributed by atoms with van der Waals surface area (Å²) in [5.74, 6) is 0.0669. The lowest BCUT2D eigenvalue weighted by Gasteiger charge is -2.24. The third kappa shape index (κ3) is 5.90. The van der Waals surface area contributed by atoms with Gasteiger partial charge in [0.2, 0.25) is 0 Å². The second-order valence-electron chi connectivity index (χ2n) is 6.76. The van der Waals surface area contributed by atoms with E-state index in [-0.39, 0.29) is 30.7 Å². The number of aromatic nitrogens is 1. The highest BCUT2D eigenvalue weighted by molar-refractivity contribution is 7.22. The summed E-state index contributed by atoms with van der Waals surface area (Å²) in [6.07, 6.45) is 0. The van der Waals surface area contributed by atoms with Crippen LogP contribution in [0.1, 0.15) is 19.4 Å². The Kier molecular flexibility index (Phi) is 9.02. The maximum atomic E-state index is 14.1. The maximum Gasteiger partial charge on any atom is 0.266 e. The molecule has 1 heterocycles. The number of amides is 1. The van der Waals surface area contributed by atoms with Crippen molar-refractivity contribution in [2.24, 2.45) is 0 Å². The average molecular weight is 452 g/mol. The molecule has 30 heavy (non-hydrogen) atoms. The second-order valence-corrected chi connectivity index (χ2v) is 7.77. The van der Waals surface area contributed by atoms with Gasteiger partial charge in [-0.1, -0.05) is 48.9 Å². The summed E-state index contributed by atoms with van der Waals surface area (Å²) in [5.41, 5.74) is 1.42. The number of halogens is 2. The predicted octanol–water partition coefficient (Wildman–Crippen LogP) is 4.92. The number of aryl methyl sites for hydroxylation is 1. The van der Waals surface area contributed by atoms with E-state index in [0.29, 0.717) is 29.5 Å². The van der Waals surface area contributed by atoms with Crippen LogP contribution in [0.2, 0.25) is 0 Å². The van der Waals surface area contributed by atoms with Crippen molar-refractivity contribution in [2.45, 2.75) is 20.8 Å². The van der Waals surface area contributed by atoms with Gasteiger partial charge in [-0.3, -0.25) is 9.69 Å². The van der Waals surface area contributed by atoms with Gasteiger partial charge in [0.25, 0.3) is 5.91 Å². The zero-order valence-corrected chi connectivity index (χ0v) is 19.1. The summed E-state index contributed by atoms with van der Waals surface area (Å²) in [4.78, 5) is 21.2.